The summed E-state index contributed by atoms with van der Waals surface area (Å²) in [5.74, 6) is 0.0393. The average molecular weight is 276 g/mol. The van der Waals surface area contributed by atoms with Crippen LogP contribution in [0.3, 0.4) is 0 Å². The Kier molecular flexibility index (Phi) is 7.97. The Bertz CT molecular complexity index is 400. The van der Waals surface area contributed by atoms with Gasteiger partial charge in [0.05, 0.1) is 0 Å². The fraction of sp³-hybridized carbons (Fsp3) is 0.588. The van der Waals surface area contributed by atoms with Crippen molar-refractivity contribution in [2.75, 3.05) is 26.2 Å². The van der Waals surface area contributed by atoms with E-state index in [2.05, 4.69) is 24.1 Å². The van der Waals surface area contributed by atoms with E-state index in [1.54, 1.807) is 0 Å². The molecule has 1 rings (SSSR count). The number of amides is 1. The molecule has 1 aromatic rings. The van der Waals surface area contributed by atoms with Crippen molar-refractivity contribution in [3.8, 4) is 0 Å². The number of benzene rings is 1. The summed E-state index contributed by atoms with van der Waals surface area (Å²) >= 11 is 0. The molecule has 0 bridgehead atoms. The van der Waals surface area contributed by atoms with Crippen molar-refractivity contribution in [2.45, 2.75) is 40.0 Å². The van der Waals surface area contributed by atoms with Crippen LogP contribution >= 0.6 is 0 Å². The third-order valence-corrected chi connectivity index (χ3v) is 3.61. The zero-order valence-corrected chi connectivity index (χ0v) is 13.1. The van der Waals surface area contributed by atoms with Crippen LogP contribution in [-0.4, -0.2) is 37.0 Å². The van der Waals surface area contributed by atoms with Gasteiger partial charge >= 0.3 is 0 Å². The maximum atomic E-state index is 11.9. The summed E-state index contributed by atoms with van der Waals surface area (Å²) in [6.45, 7) is 10.6. The Hall–Kier alpha value is -1.35. The van der Waals surface area contributed by atoms with E-state index >= 15 is 0 Å². The molecule has 0 aliphatic rings. The summed E-state index contributed by atoms with van der Waals surface area (Å²) in [5.41, 5.74) is 1.88. The van der Waals surface area contributed by atoms with Crippen LogP contribution < -0.4 is 5.32 Å². The normalized spacial score (nSPS) is 10.8. The molecule has 0 radical (unpaired) electrons. The minimum absolute atomic E-state index is 0.0393. The highest BCUT2D eigenvalue weighted by Crippen LogP contribution is 2.04. The van der Waals surface area contributed by atoms with Gasteiger partial charge in [-0.2, -0.15) is 0 Å². The fourth-order valence-corrected chi connectivity index (χ4v) is 2.27. The fourth-order valence-electron chi connectivity index (χ4n) is 2.27. The first-order valence-electron chi connectivity index (χ1n) is 7.74. The molecule has 3 heteroatoms. The number of hydrogen-bond donors (Lipinski definition) is 1. The predicted octanol–water partition coefficient (Wildman–Crippen LogP) is 3.24. The molecule has 0 heterocycles. The van der Waals surface area contributed by atoms with Crippen LogP contribution in [0, 0.1) is 6.92 Å². The second kappa shape index (κ2) is 9.54. The second-order valence-electron chi connectivity index (χ2n) is 5.21. The third kappa shape index (κ3) is 6.20. The van der Waals surface area contributed by atoms with E-state index in [1.165, 1.54) is 19.4 Å². The molecule has 3 nitrogen and oxygen atoms in total. The monoisotopic (exact) mass is 276 g/mol. The van der Waals surface area contributed by atoms with Gasteiger partial charge in [-0.1, -0.05) is 38.0 Å². The van der Waals surface area contributed by atoms with Gasteiger partial charge in [0.1, 0.15) is 0 Å². The number of unbranched alkanes of at least 4 members (excludes halogenated alkanes) is 2. The molecule has 0 atom stereocenters. The van der Waals surface area contributed by atoms with Gasteiger partial charge in [-0.05, 0) is 51.5 Å². The van der Waals surface area contributed by atoms with Crippen LogP contribution in [0.15, 0.2) is 24.3 Å². The van der Waals surface area contributed by atoms with Gasteiger partial charge in [-0.25, -0.2) is 0 Å². The van der Waals surface area contributed by atoms with E-state index in [4.69, 9.17) is 0 Å². The number of aryl methyl sites for hydroxylation is 1. The largest absolute Gasteiger partial charge is 0.352 e. The summed E-state index contributed by atoms with van der Waals surface area (Å²) in [6, 6.07) is 7.72. The predicted molar refractivity (Wildman–Crippen MR) is 85.2 cm³/mol. The molecule has 0 saturated heterocycles. The van der Waals surface area contributed by atoms with Gasteiger partial charge in [-0.15, -0.1) is 0 Å². The van der Waals surface area contributed by atoms with Gasteiger partial charge in [0.25, 0.3) is 5.91 Å². The standard InChI is InChI=1S/C17H28N2O/c1-4-19(5-2)13-8-6-7-12-18-17(20)16-11-9-10-15(3)14-16/h9-11,14H,4-8,12-13H2,1-3H3,(H,18,20). The van der Waals surface area contributed by atoms with Crippen LogP contribution in [-0.2, 0) is 0 Å². The van der Waals surface area contributed by atoms with E-state index in [9.17, 15) is 4.79 Å². The minimum atomic E-state index is 0.0393. The molecule has 112 valence electrons. The maximum Gasteiger partial charge on any atom is 0.251 e. The molecule has 0 saturated carbocycles. The van der Waals surface area contributed by atoms with E-state index in [1.807, 2.05) is 31.2 Å². The summed E-state index contributed by atoms with van der Waals surface area (Å²) < 4.78 is 0. The Morgan fingerprint density at radius 1 is 1.15 bits per heavy atom. The number of carbonyl (C=O) groups excluding carboxylic acids is 1. The molecule has 0 spiro atoms. The lowest BCUT2D eigenvalue weighted by molar-refractivity contribution is 0.0952. The number of nitrogens with zero attached hydrogens (tertiary/aromatic N) is 1. The second-order valence-corrected chi connectivity index (χ2v) is 5.21. The van der Waals surface area contributed by atoms with Crippen LogP contribution in [0.4, 0.5) is 0 Å². The number of hydrogen-bond acceptors (Lipinski definition) is 2. The molecule has 0 aromatic heterocycles. The first-order chi connectivity index (χ1) is 9.67. The van der Waals surface area contributed by atoms with Crippen molar-refractivity contribution in [1.82, 2.24) is 10.2 Å². The van der Waals surface area contributed by atoms with Crippen molar-refractivity contribution in [1.29, 1.82) is 0 Å². The lowest BCUT2D eigenvalue weighted by Crippen LogP contribution is -2.25. The first-order valence-corrected chi connectivity index (χ1v) is 7.74. The summed E-state index contributed by atoms with van der Waals surface area (Å²) in [7, 11) is 0. The van der Waals surface area contributed by atoms with Crippen molar-refractivity contribution in [2.24, 2.45) is 0 Å². The van der Waals surface area contributed by atoms with Crippen molar-refractivity contribution < 1.29 is 4.79 Å². The van der Waals surface area contributed by atoms with Crippen molar-refractivity contribution in [3.63, 3.8) is 0 Å². The quantitative estimate of drug-likeness (QED) is 0.702. The zero-order chi connectivity index (χ0) is 14.8. The number of carbonyl (C=O) groups is 1. The molecule has 0 aliphatic heterocycles. The average Bonchev–Trinajstić information content (AvgIpc) is 2.46. The highest BCUT2D eigenvalue weighted by molar-refractivity contribution is 5.94. The van der Waals surface area contributed by atoms with Gasteiger partial charge in [0.15, 0.2) is 0 Å². The van der Waals surface area contributed by atoms with Crippen LogP contribution in [0.5, 0.6) is 0 Å². The Balaban J connectivity index is 2.14. The van der Waals surface area contributed by atoms with Crippen LogP contribution in [0.1, 0.15) is 49.0 Å². The molecular weight excluding hydrogens is 248 g/mol. The summed E-state index contributed by atoms with van der Waals surface area (Å²) in [4.78, 5) is 14.3. The molecule has 20 heavy (non-hydrogen) atoms. The van der Waals surface area contributed by atoms with Gasteiger partial charge in [0.2, 0.25) is 0 Å². The van der Waals surface area contributed by atoms with Gasteiger partial charge in [0, 0.05) is 12.1 Å². The van der Waals surface area contributed by atoms with Gasteiger partial charge < -0.3 is 10.2 Å². The summed E-state index contributed by atoms with van der Waals surface area (Å²) in [6.07, 6.45) is 3.44. The Morgan fingerprint density at radius 2 is 1.90 bits per heavy atom. The van der Waals surface area contributed by atoms with E-state index in [0.29, 0.717) is 0 Å². The minimum Gasteiger partial charge on any atom is -0.352 e. The van der Waals surface area contributed by atoms with Crippen LogP contribution in [0.25, 0.3) is 0 Å². The van der Waals surface area contributed by atoms with E-state index < -0.39 is 0 Å². The first kappa shape index (κ1) is 16.7. The molecule has 1 amide bonds. The molecule has 1 aromatic carbocycles. The van der Waals surface area contributed by atoms with E-state index in [0.717, 1.165) is 37.2 Å². The lowest BCUT2D eigenvalue weighted by Gasteiger charge is -2.17. The maximum absolute atomic E-state index is 11.9. The molecule has 0 unspecified atom stereocenters. The molecule has 1 N–H and O–H groups in total. The zero-order valence-electron chi connectivity index (χ0n) is 13.1. The highest BCUT2D eigenvalue weighted by Gasteiger charge is 2.04. The molecular formula is C17H28N2O. The SMILES string of the molecule is CCN(CC)CCCCCNC(=O)c1cccc(C)c1. The molecule has 0 aliphatic carbocycles. The summed E-state index contributed by atoms with van der Waals surface area (Å²) in [5, 5.41) is 2.99. The number of nitrogens with one attached hydrogen (secondary N) is 1. The van der Waals surface area contributed by atoms with Crippen molar-refractivity contribution >= 4 is 5.91 Å². The Morgan fingerprint density at radius 3 is 2.55 bits per heavy atom. The van der Waals surface area contributed by atoms with E-state index in [-0.39, 0.29) is 5.91 Å². The highest BCUT2D eigenvalue weighted by atomic mass is 16.1. The van der Waals surface area contributed by atoms with Gasteiger partial charge in [-0.3, -0.25) is 4.79 Å². The molecule has 0 fully saturated rings. The topological polar surface area (TPSA) is 32.3 Å². The van der Waals surface area contributed by atoms with Crippen molar-refractivity contribution in [3.05, 3.63) is 35.4 Å². The third-order valence-electron chi connectivity index (χ3n) is 3.61. The Labute approximate surface area is 123 Å². The van der Waals surface area contributed by atoms with Crippen LogP contribution in [0.2, 0.25) is 0 Å². The number of rotatable bonds is 9. The smallest absolute Gasteiger partial charge is 0.251 e. The lowest BCUT2D eigenvalue weighted by atomic mass is 10.1.